The Bertz CT molecular complexity index is 891. The van der Waals surface area contributed by atoms with E-state index in [9.17, 15) is 8.42 Å². The molecule has 1 saturated carbocycles. The molecule has 0 radical (unpaired) electrons. The lowest BCUT2D eigenvalue weighted by Crippen LogP contribution is -2.26. The summed E-state index contributed by atoms with van der Waals surface area (Å²) in [5.41, 5.74) is 6.47. The zero-order valence-electron chi connectivity index (χ0n) is 14.7. The molecular weight excluding hydrogens is 350 g/mol. The molecule has 2 aromatic carbocycles. The van der Waals surface area contributed by atoms with Gasteiger partial charge < -0.3 is 15.8 Å². The zero-order chi connectivity index (χ0) is 18.6. The second-order valence-corrected chi connectivity index (χ2v) is 8.98. The fourth-order valence-corrected chi connectivity index (χ4v) is 4.28. The number of ether oxygens (including phenoxy) is 1. The molecule has 0 amide bonds. The first-order valence-electron chi connectivity index (χ1n) is 8.41. The minimum Gasteiger partial charge on any atom is -0.457 e. The van der Waals surface area contributed by atoms with Gasteiger partial charge in [-0.3, -0.25) is 4.99 Å². The summed E-state index contributed by atoms with van der Waals surface area (Å²) in [5.74, 6) is 1.87. The van der Waals surface area contributed by atoms with E-state index in [0.717, 1.165) is 24.3 Å². The van der Waals surface area contributed by atoms with Gasteiger partial charge in [-0.25, -0.2) is 8.42 Å². The van der Waals surface area contributed by atoms with Crippen LogP contribution < -0.4 is 15.8 Å². The molecule has 3 rings (SSSR count). The maximum absolute atomic E-state index is 11.5. The third-order valence-electron chi connectivity index (χ3n) is 4.20. The smallest absolute Gasteiger partial charge is 0.193 e. The summed E-state index contributed by atoms with van der Waals surface area (Å²) in [5, 5.41) is 3.03. The van der Waals surface area contributed by atoms with Gasteiger partial charge in [0.15, 0.2) is 5.96 Å². The van der Waals surface area contributed by atoms with Crippen LogP contribution in [0.5, 0.6) is 11.5 Å². The maximum atomic E-state index is 11.5. The summed E-state index contributed by atoms with van der Waals surface area (Å²) >= 11 is 0. The summed E-state index contributed by atoms with van der Waals surface area (Å²) < 4.78 is 28.8. The molecule has 6 nitrogen and oxygen atoms in total. The lowest BCUT2D eigenvalue weighted by atomic mass is 10.1. The van der Waals surface area contributed by atoms with Crippen LogP contribution in [-0.4, -0.2) is 32.9 Å². The van der Waals surface area contributed by atoms with Crippen LogP contribution in [0.2, 0.25) is 0 Å². The van der Waals surface area contributed by atoms with Crippen LogP contribution in [0.15, 0.2) is 59.6 Å². The third kappa shape index (κ3) is 5.49. The highest BCUT2D eigenvalue weighted by atomic mass is 32.2. The SMILES string of the molecule is CS(=O)(=O)CC1(CN=C(N)Nc2cccc(Oc3ccccc3)c2)CC1. The molecule has 1 aliphatic carbocycles. The van der Waals surface area contributed by atoms with Crippen molar-refractivity contribution in [2.24, 2.45) is 16.1 Å². The molecule has 3 N–H and O–H groups in total. The van der Waals surface area contributed by atoms with Crippen molar-refractivity contribution < 1.29 is 13.2 Å². The number of anilines is 1. The number of sulfone groups is 1. The Kier molecular flexibility index (Phi) is 5.18. The molecule has 1 fully saturated rings. The number of nitrogens with zero attached hydrogens (tertiary/aromatic N) is 1. The quantitative estimate of drug-likeness (QED) is 0.575. The van der Waals surface area contributed by atoms with Crippen molar-refractivity contribution in [3.8, 4) is 11.5 Å². The average molecular weight is 373 g/mol. The highest BCUT2D eigenvalue weighted by molar-refractivity contribution is 7.90. The second kappa shape index (κ2) is 7.37. The number of nitrogens with two attached hydrogens (primary N) is 1. The van der Waals surface area contributed by atoms with Crippen molar-refractivity contribution in [1.29, 1.82) is 0 Å². The van der Waals surface area contributed by atoms with Gasteiger partial charge in [-0.15, -0.1) is 0 Å². The van der Waals surface area contributed by atoms with Gasteiger partial charge in [0, 0.05) is 30.0 Å². The molecule has 1 aliphatic rings. The molecule has 0 spiro atoms. The number of rotatable bonds is 7. The average Bonchev–Trinajstić information content (AvgIpc) is 3.32. The van der Waals surface area contributed by atoms with Gasteiger partial charge in [0.05, 0.1) is 5.75 Å². The van der Waals surface area contributed by atoms with Gasteiger partial charge in [-0.2, -0.15) is 0 Å². The Morgan fingerprint density at radius 2 is 1.85 bits per heavy atom. The van der Waals surface area contributed by atoms with E-state index in [0.29, 0.717) is 12.3 Å². The van der Waals surface area contributed by atoms with Gasteiger partial charge in [0.2, 0.25) is 0 Å². The monoisotopic (exact) mass is 373 g/mol. The number of guanidine groups is 1. The van der Waals surface area contributed by atoms with E-state index in [2.05, 4.69) is 10.3 Å². The van der Waals surface area contributed by atoms with Gasteiger partial charge in [-0.1, -0.05) is 24.3 Å². The highest BCUT2D eigenvalue weighted by Crippen LogP contribution is 2.46. The molecule has 26 heavy (non-hydrogen) atoms. The topological polar surface area (TPSA) is 93.8 Å². The van der Waals surface area contributed by atoms with E-state index >= 15 is 0 Å². The van der Waals surface area contributed by atoms with Gasteiger partial charge >= 0.3 is 0 Å². The maximum Gasteiger partial charge on any atom is 0.193 e. The Morgan fingerprint density at radius 1 is 1.15 bits per heavy atom. The van der Waals surface area contributed by atoms with Gasteiger partial charge in [0.25, 0.3) is 0 Å². The first-order valence-corrected chi connectivity index (χ1v) is 10.5. The van der Waals surface area contributed by atoms with Crippen LogP contribution in [-0.2, 0) is 9.84 Å². The molecule has 0 aromatic heterocycles. The summed E-state index contributed by atoms with van der Waals surface area (Å²) in [6, 6.07) is 16.9. The Hall–Kier alpha value is -2.54. The van der Waals surface area contributed by atoms with Crippen molar-refractivity contribution >= 4 is 21.5 Å². The van der Waals surface area contributed by atoms with Crippen LogP contribution in [0.4, 0.5) is 5.69 Å². The van der Waals surface area contributed by atoms with E-state index in [4.69, 9.17) is 10.5 Å². The Balaban J connectivity index is 1.61. The lowest BCUT2D eigenvalue weighted by Gasteiger charge is -2.12. The van der Waals surface area contributed by atoms with Crippen molar-refractivity contribution in [2.45, 2.75) is 12.8 Å². The zero-order valence-corrected chi connectivity index (χ0v) is 15.5. The normalized spacial score (nSPS) is 16.1. The van der Waals surface area contributed by atoms with E-state index in [1.807, 2.05) is 54.6 Å². The Morgan fingerprint density at radius 3 is 2.50 bits per heavy atom. The molecule has 138 valence electrons. The predicted octanol–water partition coefficient (Wildman–Crippen LogP) is 3.03. The number of benzene rings is 2. The molecule has 7 heteroatoms. The summed E-state index contributed by atoms with van der Waals surface area (Å²) in [6.45, 7) is 0.416. The van der Waals surface area contributed by atoms with Crippen LogP contribution in [0.25, 0.3) is 0 Å². The lowest BCUT2D eigenvalue weighted by molar-refractivity contribution is 0.483. The summed E-state index contributed by atoms with van der Waals surface area (Å²) in [4.78, 5) is 4.33. The van der Waals surface area contributed by atoms with E-state index < -0.39 is 9.84 Å². The predicted molar refractivity (Wildman–Crippen MR) is 104 cm³/mol. The molecular formula is C19H23N3O3S. The van der Waals surface area contributed by atoms with Crippen LogP contribution >= 0.6 is 0 Å². The molecule has 0 aliphatic heterocycles. The minimum atomic E-state index is -3.01. The molecule has 0 unspecified atom stereocenters. The number of hydrogen-bond donors (Lipinski definition) is 2. The Labute approximate surface area is 154 Å². The summed E-state index contributed by atoms with van der Waals surface area (Å²) in [7, 11) is -3.01. The number of nitrogens with one attached hydrogen (secondary N) is 1. The standard InChI is InChI=1S/C19H23N3O3S/c1-26(23,24)14-19(10-11-19)13-21-18(20)22-15-6-5-9-17(12-15)25-16-7-3-2-4-8-16/h2-9,12H,10-11,13-14H2,1H3,(H3,20,21,22). The van der Waals surface area contributed by atoms with Crippen molar-refractivity contribution in [3.63, 3.8) is 0 Å². The van der Waals surface area contributed by atoms with Crippen molar-refractivity contribution in [2.75, 3.05) is 23.9 Å². The fourth-order valence-electron chi connectivity index (χ4n) is 2.78. The number of para-hydroxylation sites is 1. The van der Waals surface area contributed by atoms with Crippen LogP contribution in [0.1, 0.15) is 12.8 Å². The van der Waals surface area contributed by atoms with E-state index in [1.54, 1.807) is 0 Å². The molecule has 2 aromatic rings. The van der Waals surface area contributed by atoms with E-state index in [1.165, 1.54) is 6.26 Å². The first kappa shape index (κ1) is 18.3. The molecule has 0 saturated heterocycles. The summed E-state index contributed by atoms with van der Waals surface area (Å²) in [6.07, 6.45) is 3.01. The largest absolute Gasteiger partial charge is 0.457 e. The van der Waals surface area contributed by atoms with Crippen molar-refractivity contribution in [3.05, 3.63) is 54.6 Å². The fraction of sp³-hybridized carbons (Fsp3) is 0.316. The van der Waals surface area contributed by atoms with Crippen LogP contribution in [0.3, 0.4) is 0 Å². The second-order valence-electron chi connectivity index (χ2n) is 6.84. The minimum absolute atomic E-state index is 0.164. The van der Waals surface area contributed by atoms with Gasteiger partial charge in [-0.05, 0) is 37.1 Å². The number of aliphatic imine (C=N–C) groups is 1. The molecule has 0 bridgehead atoms. The first-order chi connectivity index (χ1) is 12.3. The van der Waals surface area contributed by atoms with Crippen LogP contribution in [0, 0.1) is 5.41 Å². The van der Waals surface area contributed by atoms with E-state index in [-0.39, 0.29) is 17.1 Å². The van der Waals surface area contributed by atoms with Crippen molar-refractivity contribution in [1.82, 2.24) is 0 Å². The number of hydrogen-bond acceptors (Lipinski definition) is 4. The van der Waals surface area contributed by atoms with Gasteiger partial charge in [0.1, 0.15) is 21.3 Å². The third-order valence-corrected chi connectivity index (χ3v) is 5.33. The molecule has 0 atom stereocenters. The molecule has 0 heterocycles. The highest BCUT2D eigenvalue weighted by Gasteiger charge is 2.45.